The topological polar surface area (TPSA) is 103 Å². The summed E-state index contributed by atoms with van der Waals surface area (Å²) in [4.78, 5) is 11.6. The monoisotopic (exact) mass is 332 g/mol. The third-order valence-corrected chi connectivity index (χ3v) is 3.51. The molecule has 0 atom stereocenters. The van der Waals surface area contributed by atoms with Gasteiger partial charge in [0, 0.05) is 17.8 Å². The van der Waals surface area contributed by atoms with Gasteiger partial charge in [0.1, 0.15) is 24.4 Å². The Balaban J connectivity index is 1.84. The summed E-state index contributed by atoms with van der Waals surface area (Å²) in [6.07, 6.45) is 3.51. The molecule has 0 spiro atoms. The summed E-state index contributed by atoms with van der Waals surface area (Å²) >= 11 is 0. The summed E-state index contributed by atoms with van der Waals surface area (Å²) < 4.78 is 17.9. The van der Waals surface area contributed by atoms with Crippen molar-refractivity contribution in [2.24, 2.45) is 0 Å². The first kappa shape index (κ1) is 16.2. The molecule has 0 radical (unpaired) electrons. The van der Waals surface area contributed by atoms with Crippen LogP contribution in [0.2, 0.25) is 0 Å². The predicted octanol–water partition coefficient (Wildman–Crippen LogP) is 1.53. The molecule has 2 aromatic rings. The number of nitrogens with zero attached hydrogens (tertiary/aromatic N) is 2. The molecule has 1 aliphatic rings. The van der Waals surface area contributed by atoms with Crippen molar-refractivity contribution in [3.05, 3.63) is 35.7 Å². The summed E-state index contributed by atoms with van der Waals surface area (Å²) in [6, 6.07) is 3.29. The van der Waals surface area contributed by atoms with E-state index >= 15 is 0 Å². The van der Waals surface area contributed by atoms with Crippen LogP contribution in [0.3, 0.4) is 0 Å². The van der Waals surface area contributed by atoms with Crippen LogP contribution < -0.4 is 14.1 Å². The van der Waals surface area contributed by atoms with Crippen LogP contribution in [0.15, 0.2) is 24.5 Å². The number of aromatic nitrogens is 2. The van der Waals surface area contributed by atoms with Crippen LogP contribution in [0.25, 0.3) is 0 Å². The lowest BCUT2D eigenvalue weighted by Crippen LogP contribution is -2.34. The quantitative estimate of drug-likeness (QED) is 0.800. The van der Waals surface area contributed by atoms with Crippen molar-refractivity contribution in [2.45, 2.75) is 26.5 Å². The number of carboxylic acids is 1. The van der Waals surface area contributed by atoms with Crippen LogP contribution >= 0.6 is 0 Å². The smallest absolute Gasteiger partial charge is 0.531 e. The van der Waals surface area contributed by atoms with Gasteiger partial charge in [-0.2, -0.15) is 5.10 Å². The molecule has 1 aromatic heterocycles. The molecule has 8 nitrogen and oxygen atoms in total. The lowest BCUT2D eigenvalue weighted by atomic mass is 9.91. The molecule has 126 valence electrons. The fourth-order valence-electron chi connectivity index (χ4n) is 2.33. The SMILES string of the molecule is CC(C)n1cc(COc2ccc3c(c2C(=O)O)OB(O)CO3)cn1. The molecule has 0 saturated heterocycles. The van der Waals surface area contributed by atoms with Gasteiger partial charge in [-0.25, -0.2) is 4.79 Å². The standard InChI is InChI=1S/C15H17BN2O6/c1-9(2)18-6-10(5-17-18)7-22-11-3-4-12-14(13(11)15(19)20)24-16(21)8-23-12/h3-6,9,21H,7-8H2,1-2H3,(H,19,20). The van der Waals surface area contributed by atoms with Gasteiger partial charge in [-0.15, -0.1) is 0 Å². The number of hydrogen-bond donors (Lipinski definition) is 2. The summed E-state index contributed by atoms with van der Waals surface area (Å²) in [5, 5.41) is 23.2. The Morgan fingerprint density at radius 3 is 2.96 bits per heavy atom. The minimum Gasteiger partial charge on any atom is -0.531 e. The molecule has 2 N–H and O–H groups in total. The molecular weight excluding hydrogens is 315 g/mol. The lowest BCUT2D eigenvalue weighted by molar-refractivity contribution is 0.0687. The number of rotatable bonds is 5. The number of benzene rings is 1. The minimum absolute atomic E-state index is 0.0309. The summed E-state index contributed by atoms with van der Waals surface area (Å²) in [6.45, 7) is 4.12. The maximum Gasteiger partial charge on any atom is 0.563 e. The van der Waals surface area contributed by atoms with E-state index in [9.17, 15) is 14.9 Å². The minimum atomic E-state index is -1.22. The maximum absolute atomic E-state index is 11.6. The van der Waals surface area contributed by atoms with Crippen LogP contribution in [0, 0.1) is 0 Å². The number of carbonyl (C=O) groups is 1. The largest absolute Gasteiger partial charge is 0.563 e. The molecule has 1 aliphatic heterocycles. The van der Waals surface area contributed by atoms with Gasteiger partial charge in [-0.05, 0) is 26.0 Å². The molecule has 0 amide bonds. The van der Waals surface area contributed by atoms with Gasteiger partial charge in [-0.1, -0.05) is 0 Å². The Bertz CT molecular complexity index is 760. The van der Waals surface area contributed by atoms with E-state index in [2.05, 4.69) is 5.10 Å². The Labute approximate surface area is 138 Å². The second-order valence-corrected chi connectivity index (χ2v) is 5.67. The third-order valence-electron chi connectivity index (χ3n) is 3.51. The van der Waals surface area contributed by atoms with E-state index in [1.807, 2.05) is 20.0 Å². The van der Waals surface area contributed by atoms with Gasteiger partial charge in [0.15, 0.2) is 11.5 Å². The number of aromatic carboxylic acids is 1. The maximum atomic E-state index is 11.6. The average Bonchev–Trinajstić information content (AvgIpc) is 3.01. The number of hydrogen-bond acceptors (Lipinski definition) is 6. The third kappa shape index (κ3) is 3.16. The van der Waals surface area contributed by atoms with Crippen molar-refractivity contribution in [1.82, 2.24) is 9.78 Å². The van der Waals surface area contributed by atoms with Crippen molar-refractivity contribution >= 4 is 13.1 Å². The zero-order valence-electron chi connectivity index (χ0n) is 13.3. The summed E-state index contributed by atoms with van der Waals surface area (Å²) in [5.74, 6) is -0.858. The van der Waals surface area contributed by atoms with Crippen molar-refractivity contribution in [3.8, 4) is 17.2 Å². The van der Waals surface area contributed by atoms with Gasteiger partial charge in [0.2, 0.25) is 0 Å². The van der Waals surface area contributed by atoms with Gasteiger partial charge in [-0.3, -0.25) is 4.68 Å². The van der Waals surface area contributed by atoms with Crippen LogP contribution in [-0.4, -0.2) is 39.5 Å². The highest BCUT2D eigenvalue weighted by atomic mass is 16.6. The van der Waals surface area contributed by atoms with Gasteiger partial charge in [0.05, 0.1) is 6.20 Å². The van der Waals surface area contributed by atoms with Crippen LogP contribution in [0.1, 0.15) is 35.8 Å². The molecule has 9 heteroatoms. The van der Waals surface area contributed by atoms with E-state index in [0.29, 0.717) is 0 Å². The molecule has 0 aliphatic carbocycles. The molecule has 3 rings (SSSR count). The number of ether oxygens (including phenoxy) is 2. The Morgan fingerprint density at radius 1 is 1.50 bits per heavy atom. The average molecular weight is 332 g/mol. The highest BCUT2D eigenvalue weighted by Crippen LogP contribution is 2.40. The van der Waals surface area contributed by atoms with Crippen molar-refractivity contribution in [3.63, 3.8) is 0 Å². The van der Waals surface area contributed by atoms with E-state index in [-0.39, 0.29) is 42.0 Å². The lowest BCUT2D eigenvalue weighted by Gasteiger charge is -2.23. The normalized spacial score (nSPS) is 13.2. The van der Waals surface area contributed by atoms with Gasteiger partial charge < -0.3 is 24.3 Å². The number of fused-ring (bicyclic) bond motifs is 1. The Morgan fingerprint density at radius 2 is 2.29 bits per heavy atom. The van der Waals surface area contributed by atoms with E-state index in [4.69, 9.17) is 14.1 Å². The summed E-state index contributed by atoms with van der Waals surface area (Å²) in [5.41, 5.74) is 0.637. The first-order valence-corrected chi connectivity index (χ1v) is 7.49. The van der Waals surface area contributed by atoms with E-state index < -0.39 is 13.1 Å². The van der Waals surface area contributed by atoms with Crippen molar-refractivity contribution < 1.29 is 29.1 Å². The highest BCUT2D eigenvalue weighted by molar-refractivity contribution is 6.44. The predicted molar refractivity (Wildman–Crippen MR) is 84.4 cm³/mol. The van der Waals surface area contributed by atoms with E-state index in [1.165, 1.54) is 6.07 Å². The number of carboxylic acid groups (broad SMARTS) is 1. The van der Waals surface area contributed by atoms with E-state index in [1.54, 1.807) is 16.9 Å². The van der Waals surface area contributed by atoms with Crippen LogP contribution in [-0.2, 0) is 6.61 Å². The Hall–Kier alpha value is -2.68. The highest BCUT2D eigenvalue weighted by Gasteiger charge is 2.31. The van der Waals surface area contributed by atoms with E-state index in [0.717, 1.165) is 5.56 Å². The first-order valence-electron chi connectivity index (χ1n) is 7.49. The van der Waals surface area contributed by atoms with Crippen LogP contribution in [0.4, 0.5) is 0 Å². The van der Waals surface area contributed by atoms with Crippen molar-refractivity contribution in [2.75, 3.05) is 6.51 Å². The Kier molecular flexibility index (Phi) is 4.35. The van der Waals surface area contributed by atoms with Crippen molar-refractivity contribution in [1.29, 1.82) is 0 Å². The fraction of sp³-hybridized carbons (Fsp3) is 0.333. The molecule has 0 fully saturated rings. The molecule has 0 bridgehead atoms. The first-order chi connectivity index (χ1) is 11.5. The molecular formula is C15H17BN2O6. The zero-order chi connectivity index (χ0) is 17.3. The summed E-state index contributed by atoms with van der Waals surface area (Å²) in [7, 11) is -1.21. The van der Waals surface area contributed by atoms with Gasteiger partial charge >= 0.3 is 13.1 Å². The second-order valence-electron chi connectivity index (χ2n) is 5.67. The van der Waals surface area contributed by atoms with Crippen LogP contribution in [0.5, 0.6) is 17.2 Å². The zero-order valence-corrected chi connectivity index (χ0v) is 13.3. The molecule has 24 heavy (non-hydrogen) atoms. The molecule has 1 aromatic carbocycles. The fourth-order valence-corrected chi connectivity index (χ4v) is 2.33. The van der Waals surface area contributed by atoms with Gasteiger partial charge in [0.25, 0.3) is 0 Å². The molecule has 0 saturated carbocycles. The second kappa shape index (κ2) is 6.44. The molecule has 0 unspecified atom stereocenters. The molecule has 2 heterocycles.